The van der Waals surface area contributed by atoms with Gasteiger partial charge in [-0.15, -0.1) is 0 Å². The van der Waals surface area contributed by atoms with Crippen molar-refractivity contribution in [3.63, 3.8) is 0 Å². The molecule has 5 nitrogen and oxygen atoms in total. The van der Waals surface area contributed by atoms with Crippen LogP contribution in [0.3, 0.4) is 0 Å². The normalized spacial score (nSPS) is 19.8. The predicted octanol–water partition coefficient (Wildman–Crippen LogP) is 2.01. The summed E-state index contributed by atoms with van der Waals surface area (Å²) in [6.45, 7) is 0.509. The number of aliphatic carboxylic acids is 1. The number of rotatable bonds is 10. The summed E-state index contributed by atoms with van der Waals surface area (Å²) < 4.78 is 0. The number of amides is 1. The molecule has 0 spiro atoms. The number of hydrogen-bond donors (Lipinski definition) is 3. The fourth-order valence-corrected chi connectivity index (χ4v) is 5.01. The molecule has 0 aromatic heterocycles. The third-order valence-corrected chi connectivity index (χ3v) is 6.25. The molecule has 1 aliphatic rings. The Hall–Kier alpha value is -0.400. The van der Waals surface area contributed by atoms with Gasteiger partial charge in [0.05, 0.1) is 0 Å². The highest BCUT2D eigenvalue weighted by Gasteiger charge is 2.15. The molecule has 0 aromatic carbocycles. The first kappa shape index (κ1) is 17.7. The van der Waals surface area contributed by atoms with Gasteiger partial charge in [0, 0.05) is 24.0 Å². The lowest BCUT2D eigenvalue weighted by molar-refractivity contribution is -0.138. The highest BCUT2D eigenvalue weighted by molar-refractivity contribution is 8.77. The van der Waals surface area contributed by atoms with E-state index in [9.17, 15) is 9.59 Å². The van der Waals surface area contributed by atoms with Crippen molar-refractivity contribution in [1.29, 1.82) is 0 Å². The lowest BCUT2D eigenvalue weighted by Crippen LogP contribution is -2.32. The molecule has 1 aliphatic heterocycles. The second-order valence-corrected chi connectivity index (χ2v) is 7.80. The van der Waals surface area contributed by atoms with E-state index in [-0.39, 0.29) is 5.91 Å². The molecule has 20 heavy (non-hydrogen) atoms. The maximum absolute atomic E-state index is 11.5. The molecular weight excluding hydrogens is 296 g/mol. The summed E-state index contributed by atoms with van der Waals surface area (Å²) in [5.41, 5.74) is 5.38. The Morgan fingerprint density at radius 3 is 2.80 bits per heavy atom. The van der Waals surface area contributed by atoms with Crippen molar-refractivity contribution in [2.45, 2.75) is 56.2 Å². The number of hydrogen-bond acceptors (Lipinski definition) is 5. The van der Waals surface area contributed by atoms with E-state index in [2.05, 4.69) is 5.32 Å². The lowest BCUT2D eigenvalue weighted by atomic mass is 10.1. The molecule has 0 bridgehead atoms. The van der Waals surface area contributed by atoms with Crippen molar-refractivity contribution >= 4 is 33.5 Å². The van der Waals surface area contributed by atoms with Crippen LogP contribution in [0.2, 0.25) is 0 Å². The molecule has 116 valence electrons. The third-order valence-electron chi connectivity index (χ3n) is 3.24. The zero-order valence-electron chi connectivity index (χ0n) is 11.7. The molecule has 0 saturated carbocycles. The Kier molecular flexibility index (Phi) is 9.13. The third kappa shape index (κ3) is 8.01. The molecule has 1 amide bonds. The van der Waals surface area contributed by atoms with E-state index in [0.717, 1.165) is 18.1 Å². The largest absolute Gasteiger partial charge is 0.480 e. The molecule has 0 aromatic rings. The van der Waals surface area contributed by atoms with Gasteiger partial charge in [0.1, 0.15) is 6.04 Å². The first-order valence-corrected chi connectivity index (χ1v) is 9.51. The van der Waals surface area contributed by atoms with Crippen molar-refractivity contribution < 1.29 is 14.7 Å². The molecule has 0 radical (unpaired) electrons. The Morgan fingerprint density at radius 2 is 2.15 bits per heavy atom. The minimum Gasteiger partial charge on any atom is -0.480 e. The molecular formula is C13H24N2O3S2. The summed E-state index contributed by atoms with van der Waals surface area (Å²) in [6, 6.07) is -0.825. The summed E-state index contributed by atoms with van der Waals surface area (Å²) in [4.78, 5) is 22.0. The van der Waals surface area contributed by atoms with Crippen molar-refractivity contribution in [1.82, 2.24) is 5.32 Å². The van der Waals surface area contributed by atoms with Crippen LogP contribution in [-0.4, -0.2) is 40.6 Å². The topological polar surface area (TPSA) is 92.4 Å². The Labute approximate surface area is 128 Å². The molecule has 4 N–H and O–H groups in total. The van der Waals surface area contributed by atoms with E-state index in [4.69, 9.17) is 10.8 Å². The van der Waals surface area contributed by atoms with Crippen LogP contribution < -0.4 is 11.1 Å². The lowest BCUT2D eigenvalue weighted by Gasteiger charge is -2.08. The Morgan fingerprint density at radius 1 is 1.35 bits per heavy atom. The standard InChI is InChI=1S/C13H24N2O3S2/c14-11(13(17)18)5-3-8-15-12(16)6-2-1-4-10-7-9-19-20-10/h10-11H,1-9,14H2,(H,15,16)(H,17,18)/t10-,11+/m1/s1. The summed E-state index contributed by atoms with van der Waals surface area (Å²) in [5.74, 6) is 0.329. The van der Waals surface area contributed by atoms with E-state index in [0.29, 0.717) is 25.8 Å². The van der Waals surface area contributed by atoms with Crippen LogP contribution in [0.1, 0.15) is 44.9 Å². The van der Waals surface area contributed by atoms with Crippen LogP contribution >= 0.6 is 21.6 Å². The average molecular weight is 320 g/mol. The van der Waals surface area contributed by atoms with Gasteiger partial charge in [-0.05, 0) is 32.1 Å². The molecule has 2 atom stereocenters. The zero-order chi connectivity index (χ0) is 14.8. The Bertz CT molecular complexity index is 310. The number of unbranched alkanes of at least 4 members (excludes halogenated alkanes) is 1. The maximum Gasteiger partial charge on any atom is 0.320 e. The number of carboxylic acids is 1. The van der Waals surface area contributed by atoms with Gasteiger partial charge in [-0.1, -0.05) is 28.0 Å². The van der Waals surface area contributed by atoms with E-state index < -0.39 is 12.0 Å². The fraction of sp³-hybridized carbons (Fsp3) is 0.846. The Balaban J connectivity index is 1.91. The fourth-order valence-electron chi connectivity index (χ4n) is 1.98. The highest BCUT2D eigenvalue weighted by Crippen LogP contribution is 2.39. The van der Waals surface area contributed by atoms with Crippen LogP contribution in [0.4, 0.5) is 0 Å². The van der Waals surface area contributed by atoms with E-state index >= 15 is 0 Å². The molecule has 1 fully saturated rings. The van der Waals surface area contributed by atoms with Crippen LogP contribution in [0.25, 0.3) is 0 Å². The van der Waals surface area contributed by atoms with Gasteiger partial charge < -0.3 is 16.2 Å². The number of carbonyl (C=O) groups is 2. The van der Waals surface area contributed by atoms with E-state index in [1.807, 2.05) is 21.6 Å². The number of carboxylic acid groups (broad SMARTS) is 1. The van der Waals surface area contributed by atoms with E-state index in [1.165, 1.54) is 18.6 Å². The van der Waals surface area contributed by atoms with Gasteiger partial charge in [0.25, 0.3) is 0 Å². The van der Waals surface area contributed by atoms with Gasteiger partial charge in [0.2, 0.25) is 5.91 Å². The highest BCUT2D eigenvalue weighted by atomic mass is 33.1. The second-order valence-electron chi connectivity index (χ2n) is 5.01. The summed E-state index contributed by atoms with van der Waals surface area (Å²) >= 11 is 0. The van der Waals surface area contributed by atoms with Crippen molar-refractivity contribution in [3.8, 4) is 0 Å². The molecule has 0 aliphatic carbocycles. The van der Waals surface area contributed by atoms with Crippen LogP contribution in [-0.2, 0) is 9.59 Å². The van der Waals surface area contributed by atoms with Crippen LogP contribution in [0.15, 0.2) is 0 Å². The minimum atomic E-state index is -0.987. The monoisotopic (exact) mass is 320 g/mol. The second kappa shape index (κ2) is 10.3. The van der Waals surface area contributed by atoms with Crippen LogP contribution in [0, 0.1) is 0 Å². The van der Waals surface area contributed by atoms with Gasteiger partial charge in [0.15, 0.2) is 0 Å². The minimum absolute atomic E-state index is 0.0577. The van der Waals surface area contributed by atoms with Gasteiger partial charge >= 0.3 is 5.97 Å². The summed E-state index contributed by atoms with van der Waals surface area (Å²) in [6.07, 6.45) is 6.11. The number of carbonyl (C=O) groups excluding carboxylic acids is 1. The van der Waals surface area contributed by atoms with Crippen molar-refractivity contribution in [2.24, 2.45) is 5.73 Å². The number of nitrogens with one attached hydrogen (secondary N) is 1. The molecule has 1 saturated heterocycles. The van der Waals surface area contributed by atoms with Gasteiger partial charge in [-0.25, -0.2) is 0 Å². The summed E-state index contributed by atoms with van der Waals surface area (Å²) in [5, 5.41) is 12.2. The smallest absolute Gasteiger partial charge is 0.320 e. The predicted molar refractivity (Wildman–Crippen MR) is 84.8 cm³/mol. The average Bonchev–Trinajstić information content (AvgIpc) is 2.92. The van der Waals surface area contributed by atoms with Crippen LogP contribution in [0.5, 0.6) is 0 Å². The SMILES string of the molecule is N[C@@H](CCCNC(=O)CCCC[C@@H]1CCSS1)C(=O)O. The summed E-state index contributed by atoms with van der Waals surface area (Å²) in [7, 11) is 3.93. The molecule has 7 heteroatoms. The molecule has 1 heterocycles. The van der Waals surface area contributed by atoms with Gasteiger partial charge in [-0.3, -0.25) is 9.59 Å². The number of nitrogens with two attached hydrogens (primary N) is 1. The van der Waals surface area contributed by atoms with Crippen molar-refractivity contribution in [2.75, 3.05) is 12.3 Å². The van der Waals surface area contributed by atoms with E-state index in [1.54, 1.807) is 0 Å². The first-order valence-electron chi connectivity index (χ1n) is 7.13. The maximum atomic E-state index is 11.5. The molecule has 0 unspecified atom stereocenters. The first-order chi connectivity index (χ1) is 9.59. The van der Waals surface area contributed by atoms with Crippen molar-refractivity contribution in [3.05, 3.63) is 0 Å². The quantitative estimate of drug-likeness (QED) is 0.421. The van der Waals surface area contributed by atoms with Gasteiger partial charge in [-0.2, -0.15) is 0 Å². The molecule has 1 rings (SSSR count). The zero-order valence-corrected chi connectivity index (χ0v) is 13.3.